The number of rotatable bonds is 7. The predicted octanol–water partition coefficient (Wildman–Crippen LogP) is 2.81. The number of methoxy groups -OCH3 is 1. The summed E-state index contributed by atoms with van der Waals surface area (Å²) in [6.45, 7) is 0.524. The Morgan fingerprint density at radius 2 is 2.08 bits per heavy atom. The third-order valence-electron chi connectivity index (χ3n) is 3.86. The molecule has 126 valence electrons. The molecule has 0 aliphatic carbocycles. The lowest BCUT2D eigenvalue weighted by Crippen LogP contribution is -2.20. The zero-order chi connectivity index (χ0) is 16.9. The van der Waals surface area contributed by atoms with Gasteiger partial charge in [0.15, 0.2) is 17.1 Å². The highest BCUT2D eigenvalue weighted by Gasteiger charge is 2.12. The topological polar surface area (TPSA) is 87.8 Å². The molecule has 0 saturated carbocycles. The van der Waals surface area contributed by atoms with Gasteiger partial charge in [-0.3, -0.25) is 0 Å². The van der Waals surface area contributed by atoms with Crippen molar-refractivity contribution in [1.82, 2.24) is 4.98 Å². The van der Waals surface area contributed by atoms with E-state index in [1.165, 1.54) is 7.11 Å². The highest BCUT2D eigenvalue weighted by Crippen LogP contribution is 2.27. The summed E-state index contributed by atoms with van der Waals surface area (Å²) in [5.74, 6) is 0.496. The summed E-state index contributed by atoms with van der Waals surface area (Å²) < 4.78 is 10.6. The van der Waals surface area contributed by atoms with Crippen molar-refractivity contribution in [2.45, 2.75) is 6.42 Å². The van der Waals surface area contributed by atoms with Crippen LogP contribution in [0.15, 0.2) is 46.9 Å². The molecule has 1 atom stereocenters. The van der Waals surface area contributed by atoms with Gasteiger partial charge < -0.3 is 24.7 Å². The third kappa shape index (κ3) is 3.60. The van der Waals surface area contributed by atoms with E-state index >= 15 is 0 Å². The van der Waals surface area contributed by atoms with Crippen molar-refractivity contribution in [2.24, 2.45) is 5.92 Å². The van der Waals surface area contributed by atoms with Crippen molar-refractivity contribution in [2.75, 3.05) is 25.6 Å². The Morgan fingerprint density at radius 3 is 2.79 bits per heavy atom. The second-order valence-electron chi connectivity index (χ2n) is 5.63. The van der Waals surface area contributed by atoms with Crippen molar-refractivity contribution in [3.05, 3.63) is 48.0 Å². The number of fused-ring (bicyclic) bond motifs is 1. The van der Waals surface area contributed by atoms with E-state index in [-0.39, 0.29) is 18.3 Å². The van der Waals surface area contributed by atoms with Crippen LogP contribution in [0.2, 0.25) is 0 Å². The number of phenols is 1. The summed E-state index contributed by atoms with van der Waals surface area (Å²) in [7, 11) is 1.51. The Kier molecular flexibility index (Phi) is 4.86. The summed E-state index contributed by atoms with van der Waals surface area (Å²) in [5.41, 5.74) is 2.44. The Balaban J connectivity index is 1.63. The molecule has 3 aromatic rings. The van der Waals surface area contributed by atoms with Crippen LogP contribution in [0.25, 0.3) is 11.1 Å². The summed E-state index contributed by atoms with van der Waals surface area (Å²) >= 11 is 0. The molecule has 2 aromatic carbocycles. The molecule has 3 rings (SSSR count). The number of ether oxygens (including phenoxy) is 1. The van der Waals surface area contributed by atoms with E-state index in [0.717, 1.165) is 16.7 Å². The first-order valence-electron chi connectivity index (χ1n) is 7.75. The molecule has 1 aromatic heterocycles. The van der Waals surface area contributed by atoms with E-state index in [1.807, 2.05) is 30.3 Å². The maximum Gasteiger partial charge on any atom is 0.295 e. The fraction of sp³-hybridized carbons (Fsp3) is 0.278. The quantitative estimate of drug-likeness (QED) is 0.618. The molecular weight excluding hydrogens is 308 g/mol. The van der Waals surface area contributed by atoms with Gasteiger partial charge in [-0.1, -0.05) is 18.2 Å². The molecule has 6 heteroatoms. The Bertz CT molecular complexity index is 783. The predicted molar refractivity (Wildman–Crippen MR) is 91.4 cm³/mol. The third-order valence-corrected chi connectivity index (χ3v) is 3.86. The average Bonchev–Trinajstić information content (AvgIpc) is 3.01. The van der Waals surface area contributed by atoms with E-state index in [9.17, 15) is 10.2 Å². The van der Waals surface area contributed by atoms with Crippen LogP contribution in [0.5, 0.6) is 11.5 Å². The lowest BCUT2D eigenvalue weighted by molar-refractivity contribution is 0.232. The van der Waals surface area contributed by atoms with Gasteiger partial charge in [-0.15, -0.1) is 0 Å². The average molecular weight is 328 g/mol. The molecule has 3 N–H and O–H groups in total. The van der Waals surface area contributed by atoms with Gasteiger partial charge in [0, 0.05) is 19.1 Å². The Hall–Kier alpha value is -2.73. The number of aromatic nitrogens is 1. The molecule has 0 saturated heterocycles. The normalized spacial score (nSPS) is 12.2. The second kappa shape index (κ2) is 7.23. The van der Waals surface area contributed by atoms with Crippen LogP contribution in [0.3, 0.4) is 0 Å². The molecule has 0 aliphatic heterocycles. The number of phenolic OH excluding ortho intramolecular Hbond substituents is 1. The number of aliphatic hydroxyl groups is 1. The zero-order valence-electron chi connectivity index (χ0n) is 13.4. The molecular formula is C18H20N2O4. The van der Waals surface area contributed by atoms with Crippen molar-refractivity contribution in [3.63, 3.8) is 0 Å². The minimum absolute atomic E-state index is 0.0139. The van der Waals surface area contributed by atoms with Gasteiger partial charge in [0.2, 0.25) is 0 Å². The highest BCUT2D eigenvalue weighted by atomic mass is 16.5. The Labute approximate surface area is 139 Å². The lowest BCUT2D eigenvalue weighted by Gasteiger charge is -2.15. The fourth-order valence-electron chi connectivity index (χ4n) is 2.58. The number of aromatic hydroxyl groups is 1. The Morgan fingerprint density at radius 1 is 1.25 bits per heavy atom. The summed E-state index contributed by atoms with van der Waals surface area (Å²) in [5, 5.41) is 22.6. The number of nitrogens with one attached hydrogen (secondary N) is 1. The van der Waals surface area contributed by atoms with E-state index in [4.69, 9.17) is 9.15 Å². The lowest BCUT2D eigenvalue weighted by atomic mass is 9.99. The molecule has 0 aliphatic rings. The maximum absolute atomic E-state index is 9.84. The minimum Gasteiger partial charge on any atom is -0.504 e. The summed E-state index contributed by atoms with van der Waals surface area (Å²) in [4.78, 5) is 4.35. The summed E-state index contributed by atoms with van der Waals surface area (Å²) in [6.07, 6.45) is 0.612. The molecule has 24 heavy (non-hydrogen) atoms. The van der Waals surface area contributed by atoms with Crippen molar-refractivity contribution in [3.8, 4) is 11.5 Å². The van der Waals surface area contributed by atoms with Crippen molar-refractivity contribution in [1.29, 1.82) is 0 Å². The molecule has 0 bridgehead atoms. The van der Waals surface area contributed by atoms with Gasteiger partial charge in [-0.2, -0.15) is 4.98 Å². The fourth-order valence-corrected chi connectivity index (χ4v) is 2.58. The molecule has 6 nitrogen and oxygen atoms in total. The number of oxazole rings is 1. The number of hydrogen-bond acceptors (Lipinski definition) is 6. The summed E-state index contributed by atoms with van der Waals surface area (Å²) in [6, 6.07) is 13.2. The van der Waals surface area contributed by atoms with Crippen LogP contribution in [0, 0.1) is 5.92 Å². The SMILES string of the molecule is COc1ccc(CC(CO)CNc2nc3ccccc3o2)cc1O. The molecule has 0 spiro atoms. The first kappa shape index (κ1) is 16.1. The van der Waals surface area contributed by atoms with Gasteiger partial charge in [0.1, 0.15) is 5.52 Å². The number of anilines is 1. The van der Waals surface area contributed by atoms with Crippen molar-refractivity contribution < 1.29 is 19.4 Å². The minimum atomic E-state index is -0.0344. The first-order valence-corrected chi connectivity index (χ1v) is 7.75. The second-order valence-corrected chi connectivity index (χ2v) is 5.63. The molecule has 1 unspecified atom stereocenters. The van der Waals surface area contributed by atoms with Gasteiger partial charge in [-0.25, -0.2) is 0 Å². The maximum atomic E-state index is 9.84. The van der Waals surface area contributed by atoms with Gasteiger partial charge >= 0.3 is 0 Å². The van der Waals surface area contributed by atoms with Crippen LogP contribution in [-0.4, -0.2) is 35.5 Å². The van der Waals surface area contributed by atoms with E-state index in [1.54, 1.807) is 12.1 Å². The van der Waals surface area contributed by atoms with Crippen LogP contribution in [0.4, 0.5) is 6.01 Å². The zero-order valence-corrected chi connectivity index (χ0v) is 13.4. The molecule has 0 fully saturated rings. The molecule has 0 amide bonds. The van der Waals surface area contributed by atoms with Gasteiger partial charge in [0.05, 0.1) is 7.11 Å². The van der Waals surface area contributed by atoms with Crippen LogP contribution in [0.1, 0.15) is 5.56 Å². The highest BCUT2D eigenvalue weighted by molar-refractivity contribution is 5.74. The molecule has 0 radical (unpaired) electrons. The number of nitrogens with zero attached hydrogens (tertiary/aromatic N) is 1. The van der Waals surface area contributed by atoms with E-state index in [0.29, 0.717) is 24.7 Å². The standard InChI is InChI=1S/C18H20N2O4/c1-23-17-7-6-12(9-15(17)22)8-13(11-21)10-19-18-20-14-4-2-3-5-16(14)24-18/h2-7,9,13,21-22H,8,10-11H2,1H3,(H,19,20). The number of hydrogen-bond donors (Lipinski definition) is 3. The largest absolute Gasteiger partial charge is 0.504 e. The van der Waals surface area contributed by atoms with E-state index < -0.39 is 0 Å². The number of benzene rings is 2. The van der Waals surface area contributed by atoms with Crippen LogP contribution < -0.4 is 10.1 Å². The smallest absolute Gasteiger partial charge is 0.295 e. The number of para-hydroxylation sites is 2. The van der Waals surface area contributed by atoms with Gasteiger partial charge in [0.25, 0.3) is 6.01 Å². The first-order chi connectivity index (χ1) is 11.7. The molecule has 1 heterocycles. The van der Waals surface area contributed by atoms with Crippen LogP contribution in [-0.2, 0) is 6.42 Å². The van der Waals surface area contributed by atoms with E-state index in [2.05, 4.69) is 10.3 Å². The monoisotopic (exact) mass is 328 g/mol. The van der Waals surface area contributed by atoms with Crippen molar-refractivity contribution >= 4 is 17.1 Å². The van der Waals surface area contributed by atoms with Crippen LogP contribution >= 0.6 is 0 Å². The van der Waals surface area contributed by atoms with Gasteiger partial charge in [-0.05, 0) is 36.2 Å². The number of aliphatic hydroxyl groups excluding tert-OH is 1.